The van der Waals surface area contributed by atoms with Gasteiger partial charge in [0.1, 0.15) is 5.54 Å². The molecule has 0 spiro atoms. The number of nitrogens with zero attached hydrogens (tertiary/aromatic N) is 2. The fourth-order valence-corrected chi connectivity index (χ4v) is 3.27. The quantitative estimate of drug-likeness (QED) is 0.815. The van der Waals surface area contributed by atoms with Crippen molar-refractivity contribution in [1.82, 2.24) is 4.90 Å². The molecule has 0 bridgehead atoms. The maximum Gasteiger partial charge on any atom is 0.188 e. The van der Waals surface area contributed by atoms with E-state index in [1.165, 1.54) is 0 Å². The van der Waals surface area contributed by atoms with Gasteiger partial charge in [-0.2, -0.15) is 0 Å². The van der Waals surface area contributed by atoms with Crippen LogP contribution in [0.1, 0.15) is 16.8 Å². The van der Waals surface area contributed by atoms with Crippen LogP contribution in [0.25, 0.3) is 0 Å². The number of likely N-dealkylation sites (N-methyl/N-ethyl adjacent to an activating group) is 1. The Bertz CT molecular complexity index is 652. The monoisotopic (exact) mass is 326 g/mol. The first-order chi connectivity index (χ1) is 11.5. The van der Waals surface area contributed by atoms with Gasteiger partial charge in [-0.1, -0.05) is 24.3 Å². The first kappa shape index (κ1) is 16.9. The number of benzene rings is 1. The zero-order chi connectivity index (χ0) is 17.2. The van der Waals surface area contributed by atoms with Crippen molar-refractivity contribution in [2.75, 3.05) is 38.1 Å². The number of anilines is 1. The van der Waals surface area contributed by atoms with Crippen molar-refractivity contribution in [2.45, 2.75) is 18.0 Å². The van der Waals surface area contributed by atoms with Crippen LogP contribution in [-0.4, -0.2) is 55.5 Å². The molecule has 1 heterocycles. The zero-order valence-electron chi connectivity index (χ0n) is 14.2. The number of hydrogen-bond donors (Lipinski definition) is 2. The van der Waals surface area contributed by atoms with E-state index in [1.807, 2.05) is 30.3 Å². The minimum Gasteiger partial charge on any atom is -0.370 e. The van der Waals surface area contributed by atoms with Crippen molar-refractivity contribution in [1.29, 1.82) is 0 Å². The first-order valence-electron chi connectivity index (χ1n) is 8.49. The number of rotatable bonds is 3. The lowest BCUT2D eigenvalue weighted by molar-refractivity contribution is 0.0912. The molecule has 1 aromatic rings. The number of allylic oxidation sites excluding steroid dienone is 2. The molecule has 5 nitrogen and oxygen atoms in total. The Hall–Kier alpha value is -1.95. The summed E-state index contributed by atoms with van der Waals surface area (Å²) in [7, 11) is 2.15. The third-order valence-corrected chi connectivity index (χ3v) is 4.96. The van der Waals surface area contributed by atoms with Gasteiger partial charge < -0.3 is 21.3 Å². The summed E-state index contributed by atoms with van der Waals surface area (Å²) in [6, 6.07) is 7.24. The summed E-state index contributed by atoms with van der Waals surface area (Å²) in [5.74, 6) is -0.141. The number of hydrogen-bond acceptors (Lipinski definition) is 5. The highest BCUT2D eigenvalue weighted by Crippen LogP contribution is 2.23. The molecule has 128 valence electrons. The lowest BCUT2D eigenvalue weighted by atomic mass is 9.81. The molecule has 2 aliphatic rings. The Morgan fingerprint density at radius 1 is 1.12 bits per heavy atom. The number of carbonyl (C=O) groups excluding carboxylic acids is 1. The van der Waals surface area contributed by atoms with Crippen LogP contribution in [-0.2, 0) is 0 Å². The average Bonchev–Trinajstić information content (AvgIpc) is 2.82. The summed E-state index contributed by atoms with van der Waals surface area (Å²) >= 11 is 0. The highest BCUT2D eigenvalue weighted by Gasteiger charge is 2.38. The molecule has 4 N–H and O–H groups in total. The van der Waals surface area contributed by atoms with Crippen LogP contribution in [0.2, 0.25) is 0 Å². The number of Topliss-reactive ketones (excluding diaryl/α,β-unsaturated/α-hetero) is 1. The van der Waals surface area contributed by atoms with Crippen molar-refractivity contribution < 1.29 is 4.79 Å². The molecular formula is C19H26N4O. The van der Waals surface area contributed by atoms with E-state index in [9.17, 15) is 4.79 Å². The Morgan fingerprint density at radius 3 is 2.58 bits per heavy atom. The molecule has 1 fully saturated rings. The number of nitrogens with two attached hydrogens (primary N) is 2. The van der Waals surface area contributed by atoms with Gasteiger partial charge in [0.15, 0.2) is 5.78 Å². The topological polar surface area (TPSA) is 75.6 Å². The fourth-order valence-electron chi connectivity index (χ4n) is 3.27. The Balaban J connectivity index is 1.76. The van der Waals surface area contributed by atoms with E-state index in [0.717, 1.165) is 38.3 Å². The second kappa shape index (κ2) is 6.89. The molecular weight excluding hydrogens is 300 g/mol. The highest BCUT2D eigenvalue weighted by atomic mass is 16.1. The summed E-state index contributed by atoms with van der Waals surface area (Å²) in [5, 5.41) is 0. The van der Waals surface area contributed by atoms with E-state index in [2.05, 4.69) is 16.8 Å². The van der Waals surface area contributed by atoms with Gasteiger partial charge in [0.25, 0.3) is 0 Å². The van der Waals surface area contributed by atoms with Crippen molar-refractivity contribution >= 4 is 11.5 Å². The number of ketones is 1. The van der Waals surface area contributed by atoms with Crippen LogP contribution in [0, 0.1) is 0 Å². The van der Waals surface area contributed by atoms with E-state index in [4.69, 9.17) is 11.5 Å². The molecule has 2 atom stereocenters. The number of carbonyl (C=O) groups is 1. The summed E-state index contributed by atoms with van der Waals surface area (Å²) < 4.78 is 0. The van der Waals surface area contributed by atoms with E-state index < -0.39 is 11.6 Å². The van der Waals surface area contributed by atoms with Crippen LogP contribution in [0.5, 0.6) is 0 Å². The standard InChI is InChI=1S/C19H26N4O/c1-22-11-4-12-23(14-13-22)16-8-6-15(7-9-16)18(24)19(21)10-3-2-5-17(19)20/h2-3,5-10,17H,4,11-14,20-21H2,1H3. The average molecular weight is 326 g/mol. The van der Waals surface area contributed by atoms with Crippen LogP contribution in [0.4, 0.5) is 5.69 Å². The fraction of sp³-hybridized carbons (Fsp3) is 0.421. The van der Waals surface area contributed by atoms with Gasteiger partial charge in [-0.05, 0) is 44.3 Å². The van der Waals surface area contributed by atoms with Crippen molar-refractivity contribution in [3.05, 3.63) is 54.1 Å². The molecule has 0 saturated carbocycles. The summed E-state index contributed by atoms with van der Waals surface area (Å²) in [6.07, 6.45) is 8.21. The van der Waals surface area contributed by atoms with E-state index in [-0.39, 0.29) is 5.78 Å². The summed E-state index contributed by atoms with van der Waals surface area (Å²) in [5.41, 5.74) is 12.9. The minimum atomic E-state index is -1.17. The lowest BCUT2D eigenvalue weighted by Crippen LogP contribution is -2.59. The molecule has 1 aromatic carbocycles. The molecule has 24 heavy (non-hydrogen) atoms. The third kappa shape index (κ3) is 3.29. The molecule has 1 aliphatic heterocycles. The van der Waals surface area contributed by atoms with E-state index in [0.29, 0.717) is 5.56 Å². The minimum absolute atomic E-state index is 0.141. The smallest absolute Gasteiger partial charge is 0.188 e. The third-order valence-electron chi connectivity index (χ3n) is 4.96. The lowest BCUT2D eigenvalue weighted by Gasteiger charge is -2.31. The van der Waals surface area contributed by atoms with Gasteiger partial charge in [0, 0.05) is 30.9 Å². The summed E-state index contributed by atoms with van der Waals surface area (Å²) in [6.45, 7) is 4.22. The molecule has 0 aromatic heterocycles. The molecule has 1 saturated heterocycles. The summed E-state index contributed by atoms with van der Waals surface area (Å²) in [4.78, 5) is 17.5. The van der Waals surface area contributed by atoms with Crippen LogP contribution in [0.15, 0.2) is 48.6 Å². The van der Waals surface area contributed by atoms with Crippen LogP contribution < -0.4 is 16.4 Å². The Kier molecular flexibility index (Phi) is 4.85. The van der Waals surface area contributed by atoms with Gasteiger partial charge in [-0.3, -0.25) is 4.79 Å². The van der Waals surface area contributed by atoms with Gasteiger partial charge in [0.2, 0.25) is 0 Å². The molecule has 2 unspecified atom stereocenters. The maximum absolute atomic E-state index is 12.8. The molecule has 3 rings (SSSR count). The Morgan fingerprint density at radius 2 is 1.88 bits per heavy atom. The maximum atomic E-state index is 12.8. The van der Waals surface area contributed by atoms with E-state index in [1.54, 1.807) is 18.2 Å². The first-order valence-corrected chi connectivity index (χ1v) is 8.49. The Labute approximate surface area is 143 Å². The van der Waals surface area contributed by atoms with E-state index >= 15 is 0 Å². The van der Waals surface area contributed by atoms with Crippen molar-refractivity contribution in [3.63, 3.8) is 0 Å². The second-order valence-corrected chi connectivity index (χ2v) is 6.72. The normalized spacial score (nSPS) is 28.0. The van der Waals surface area contributed by atoms with Gasteiger partial charge in [-0.25, -0.2) is 0 Å². The largest absolute Gasteiger partial charge is 0.370 e. The highest BCUT2D eigenvalue weighted by molar-refractivity contribution is 6.05. The SMILES string of the molecule is CN1CCCN(c2ccc(C(=O)C3(N)C=CC=CC3N)cc2)CC1. The predicted molar refractivity (Wildman–Crippen MR) is 98.3 cm³/mol. The molecule has 5 heteroatoms. The second-order valence-electron chi connectivity index (χ2n) is 6.72. The molecule has 0 amide bonds. The molecule has 1 aliphatic carbocycles. The van der Waals surface area contributed by atoms with Crippen LogP contribution >= 0.6 is 0 Å². The van der Waals surface area contributed by atoms with Gasteiger partial charge in [-0.15, -0.1) is 0 Å². The van der Waals surface area contributed by atoms with Gasteiger partial charge >= 0.3 is 0 Å². The molecule has 0 radical (unpaired) electrons. The van der Waals surface area contributed by atoms with Crippen molar-refractivity contribution in [3.8, 4) is 0 Å². The predicted octanol–water partition coefficient (Wildman–Crippen LogP) is 1.16. The van der Waals surface area contributed by atoms with Crippen LogP contribution in [0.3, 0.4) is 0 Å². The van der Waals surface area contributed by atoms with Gasteiger partial charge in [0.05, 0.1) is 6.04 Å². The zero-order valence-corrected chi connectivity index (χ0v) is 14.2. The van der Waals surface area contributed by atoms with Crippen molar-refractivity contribution in [2.24, 2.45) is 11.5 Å².